The zero-order valence-corrected chi connectivity index (χ0v) is 21.6. The third-order valence-corrected chi connectivity index (χ3v) is 7.39. The normalized spacial score (nSPS) is 17.1. The molecule has 34 heavy (non-hydrogen) atoms. The van der Waals surface area contributed by atoms with Gasteiger partial charge in [-0.2, -0.15) is 0 Å². The number of amides is 2. The summed E-state index contributed by atoms with van der Waals surface area (Å²) >= 11 is 15.8. The van der Waals surface area contributed by atoms with Crippen LogP contribution in [0.5, 0.6) is 5.88 Å². The minimum atomic E-state index is -0.909. The van der Waals surface area contributed by atoms with E-state index in [1.54, 1.807) is 25.1 Å². The second kappa shape index (κ2) is 10.4. The molecule has 2 aromatic heterocycles. The lowest BCUT2D eigenvalue weighted by atomic mass is 10.1. The largest absolute Gasteiger partial charge is 0.471 e. The van der Waals surface area contributed by atoms with Crippen LogP contribution in [0.25, 0.3) is 5.82 Å². The fourth-order valence-electron chi connectivity index (χ4n) is 3.19. The molecule has 9 nitrogen and oxygen atoms in total. The third kappa shape index (κ3) is 5.27. The van der Waals surface area contributed by atoms with E-state index < -0.39 is 22.6 Å². The van der Waals surface area contributed by atoms with Crippen molar-refractivity contribution in [1.82, 2.24) is 20.1 Å². The van der Waals surface area contributed by atoms with Gasteiger partial charge in [-0.1, -0.05) is 23.2 Å². The summed E-state index contributed by atoms with van der Waals surface area (Å²) in [5, 5.41) is 10.4. The Labute approximate surface area is 215 Å². The van der Waals surface area contributed by atoms with E-state index in [9.17, 15) is 13.8 Å². The molecule has 0 aliphatic carbocycles. The summed E-state index contributed by atoms with van der Waals surface area (Å²) in [5.74, 6) is 0.186. The highest BCUT2D eigenvalue weighted by Gasteiger charge is 2.30. The van der Waals surface area contributed by atoms with Gasteiger partial charge in [-0.3, -0.25) is 13.8 Å². The number of hydrogen-bond donors (Lipinski definition) is 2. The lowest BCUT2D eigenvalue weighted by molar-refractivity contribution is 0.0956. The monoisotopic (exact) mass is 585 g/mol. The molecule has 1 saturated heterocycles. The van der Waals surface area contributed by atoms with Gasteiger partial charge in [-0.05, 0) is 47.1 Å². The SMILES string of the molecule is CCNC(=O)c1cc(Cl)cc(Br)c1NC(=O)c1cc(OC2CS(=O)C2)nn1-c1ncccc1Cl. The lowest BCUT2D eigenvalue weighted by Crippen LogP contribution is -2.41. The van der Waals surface area contributed by atoms with Gasteiger partial charge in [0.15, 0.2) is 5.82 Å². The first-order valence-electron chi connectivity index (χ1n) is 10.1. The van der Waals surface area contributed by atoms with E-state index in [1.165, 1.54) is 23.0 Å². The van der Waals surface area contributed by atoms with Crippen LogP contribution in [0.1, 0.15) is 27.8 Å². The number of rotatable bonds is 7. The van der Waals surface area contributed by atoms with E-state index in [1.807, 2.05) is 0 Å². The van der Waals surface area contributed by atoms with Crippen molar-refractivity contribution in [2.45, 2.75) is 13.0 Å². The number of carbonyl (C=O) groups excluding carboxylic acids is 2. The van der Waals surface area contributed by atoms with Gasteiger partial charge in [0.25, 0.3) is 11.8 Å². The molecule has 3 aromatic rings. The zero-order chi connectivity index (χ0) is 24.4. The smallest absolute Gasteiger partial charge is 0.274 e. The van der Waals surface area contributed by atoms with E-state index in [4.69, 9.17) is 27.9 Å². The zero-order valence-electron chi connectivity index (χ0n) is 17.7. The van der Waals surface area contributed by atoms with Crippen molar-refractivity contribution in [2.75, 3.05) is 23.4 Å². The molecule has 3 heterocycles. The Kier molecular flexibility index (Phi) is 7.56. The number of carbonyl (C=O) groups is 2. The van der Waals surface area contributed by atoms with Crippen molar-refractivity contribution < 1.29 is 18.5 Å². The van der Waals surface area contributed by atoms with E-state index >= 15 is 0 Å². The average molecular weight is 587 g/mol. The van der Waals surface area contributed by atoms with Gasteiger partial charge in [-0.25, -0.2) is 9.67 Å². The van der Waals surface area contributed by atoms with E-state index in [0.29, 0.717) is 27.5 Å². The van der Waals surface area contributed by atoms with Crippen LogP contribution in [-0.2, 0) is 10.8 Å². The summed E-state index contributed by atoms with van der Waals surface area (Å²) in [6.45, 7) is 2.18. The summed E-state index contributed by atoms with van der Waals surface area (Å²) < 4.78 is 18.9. The van der Waals surface area contributed by atoms with Crippen molar-refractivity contribution in [3.8, 4) is 11.7 Å². The molecule has 2 N–H and O–H groups in total. The maximum atomic E-state index is 13.4. The number of aromatic nitrogens is 3. The Hall–Kier alpha value is -2.47. The first-order chi connectivity index (χ1) is 16.3. The average Bonchev–Trinajstić information content (AvgIpc) is 3.18. The molecule has 13 heteroatoms. The molecule has 1 aliphatic rings. The Morgan fingerprint density at radius 3 is 2.71 bits per heavy atom. The molecule has 4 rings (SSSR count). The summed E-state index contributed by atoms with van der Waals surface area (Å²) in [7, 11) is -0.909. The van der Waals surface area contributed by atoms with Gasteiger partial charge in [-0.15, -0.1) is 5.10 Å². The van der Waals surface area contributed by atoms with Crippen LogP contribution >= 0.6 is 39.1 Å². The molecule has 1 fully saturated rings. The third-order valence-electron chi connectivity index (χ3n) is 4.77. The molecular formula is C21H18BrCl2N5O4S. The fourth-order valence-corrected chi connectivity index (χ4v) is 5.17. The Morgan fingerprint density at radius 1 is 1.26 bits per heavy atom. The highest BCUT2D eigenvalue weighted by molar-refractivity contribution is 9.10. The number of halogens is 3. The number of nitrogens with zero attached hydrogens (tertiary/aromatic N) is 3. The van der Waals surface area contributed by atoms with Crippen LogP contribution in [0.2, 0.25) is 10.0 Å². The summed E-state index contributed by atoms with van der Waals surface area (Å²) in [6.07, 6.45) is 1.26. The van der Waals surface area contributed by atoms with Crippen LogP contribution in [0.3, 0.4) is 0 Å². The molecule has 1 aliphatic heterocycles. The molecule has 0 bridgehead atoms. The molecule has 0 radical (unpaired) electrons. The number of ether oxygens (including phenoxy) is 1. The van der Waals surface area contributed by atoms with Crippen molar-refractivity contribution >= 4 is 67.4 Å². The van der Waals surface area contributed by atoms with Gasteiger partial charge in [0, 0.05) is 39.1 Å². The van der Waals surface area contributed by atoms with Gasteiger partial charge >= 0.3 is 0 Å². The highest BCUT2D eigenvalue weighted by atomic mass is 79.9. The van der Waals surface area contributed by atoms with Crippen LogP contribution < -0.4 is 15.4 Å². The second-order valence-corrected chi connectivity index (χ2v) is 10.5. The molecule has 0 spiro atoms. The fraction of sp³-hybridized carbons (Fsp3) is 0.238. The molecule has 2 amide bonds. The van der Waals surface area contributed by atoms with Crippen molar-refractivity contribution in [3.05, 3.63) is 62.3 Å². The highest BCUT2D eigenvalue weighted by Crippen LogP contribution is 2.32. The molecule has 1 aromatic carbocycles. The maximum Gasteiger partial charge on any atom is 0.274 e. The standard InChI is InChI=1S/C21H18BrCl2N5O4S/c1-2-25-20(30)13-6-11(23)7-14(22)18(13)27-21(31)16-8-17(33-12-9-34(32)10-12)28-29(16)19-15(24)4-3-5-26-19/h3-8,12H,2,9-10H2,1H3,(H,25,30)(H,27,31). The summed E-state index contributed by atoms with van der Waals surface area (Å²) in [5.41, 5.74) is 0.488. The van der Waals surface area contributed by atoms with E-state index in [-0.39, 0.29) is 39.8 Å². The first-order valence-corrected chi connectivity index (χ1v) is 13.1. The number of nitrogens with one attached hydrogen (secondary N) is 2. The van der Waals surface area contributed by atoms with Gasteiger partial charge in [0.1, 0.15) is 11.8 Å². The van der Waals surface area contributed by atoms with Crippen molar-refractivity contribution in [3.63, 3.8) is 0 Å². The van der Waals surface area contributed by atoms with Crippen LogP contribution in [0.15, 0.2) is 41.0 Å². The predicted molar refractivity (Wildman–Crippen MR) is 134 cm³/mol. The number of hydrogen-bond acceptors (Lipinski definition) is 6. The molecular weight excluding hydrogens is 569 g/mol. The van der Waals surface area contributed by atoms with Gasteiger partial charge in [0.2, 0.25) is 5.88 Å². The predicted octanol–water partition coefficient (Wildman–Crippen LogP) is 3.85. The number of anilines is 1. The van der Waals surface area contributed by atoms with E-state index in [0.717, 1.165) is 0 Å². The Bertz CT molecular complexity index is 1290. The molecule has 178 valence electrons. The van der Waals surface area contributed by atoms with Gasteiger partial charge in [0.05, 0.1) is 27.8 Å². The minimum Gasteiger partial charge on any atom is -0.471 e. The second-order valence-electron chi connectivity index (χ2n) is 7.23. The topological polar surface area (TPSA) is 115 Å². The Morgan fingerprint density at radius 2 is 2.03 bits per heavy atom. The molecule has 0 saturated carbocycles. The quantitative estimate of drug-likeness (QED) is 0.434. The first kappa shape index (κ1) is 24.6. The molecule has 0 unspecified atom stereocenters. The Balaban J connectivity index is 1.72. The lowest BCUT2D eigenvalue weighted by Gasteiger charge is -2.24. The van der Waals surface area contributed by atoms with Gasteiger partial charge < -0.3 is 15.4 Å². The van der Waals surface area contributed by atoms with Crippen molar-refractivity contribution in [1.29, 1.82) is 0 Å². The van der Waals surface area contributed by atoms with Crippen molar-refractivity contribution in [2.24, 2.45) is 0 Å². The van der Waals surface area contributed by atoms with E-state index in [2.05, 4.69) is 36.6 Å². The molecule has 0 atom stereocenters. The van der Waals surface area contributed by atoms with Crippen LogP contribution in [0.4, 0.5) is 5.69 Å². The maximum absolute atomic E-state index is 13.4. The summed E-state index contributed by atoms with van der Waals surface area (Å²) in [6, 6.07) is 7.74. The number of pyridine rings is 1. The number of benzene rings is 1. The van der Waals surface area contributed by atoms with Crippen LogP contribution in [-0.4, -0.2) is 54.9 Å². The van der Waals surface area contributed by atoms with Crippen LogP contribution in [0, 0.1) is 0 Å². The minimum absolute atomic E-state index is 0.0692. The summed E-state index contributed by atoms with van der Waals surface area (Å²) in [4.78, 5) is 30.2.